The van der Waals surface area contributed by atoms with Crippen LogP contribution in [0.1, 0.15) is 35.6 Å². The van der Waals surface area contributed by atoms with Crippen LogP contribution in [0.3, 0.4) is 0 Å². The number of benzene rings is 2. The second kappa shape index (κ2) is 6.89. The van der Waals surface area contributed by atoms with E-state index in [2.05, 4.69) is 41.1 Å². The summed E-state index contributed by atoms with van der Waals surface area (Å²) in [6.45, 7) is 3.56. The third-order valence-corrected chi connectivity index (χ3v) is 6.23. The number of rotatable bonds is 1. The first-order chi connectivity index (χ1) is 13.6. The van der Waals surface area contributed by atoms with Crippen LogP contribution in [0.5, 0.6) is 0 Å². The fourth-order valence-corrected chi connectivity index (χ4v) is 4.96. The van der Waals surface area contributed by atoms with Gasteiger partial charge in [0.1, 0.15) is 11.4 Å². The van der Waals surface area contributed by atoms with Crippen LogP contribution < -0.4 is 0 Å². The average Bonchev–Trinajstić information content (AvgIpc) is 3.09. The lowest BCUT2D eigenvalue weighted by Crippen LogP contribution is -2.51. The van der Waals surface area contributed by atoms with Gasteiger partial charge in [0.05, 0.1) is 12.6 Å². The van der Waals surface area contributed by atoms with Gasteiger partial charge in [-0.3, -0.25) is 0 Å². The summed E-state index contributed by atoms with van der Waals surface area (Å²) in [4.78, 5) is 9.41. The van der Waals surface area contributed by atoms with Gasteiger partial charge in [-0.1, -0.05) is 36.4 Å². The minimum Gasteiger partial charge on any atom is -0.455 e. The Kier molecular flexibility index (Phi) is 4.35. The van der Waals surface area contributed by atoms with Gasteiger partial charge in [0.25, 0.3) is 6.02 Å². The zero-order valence-corrected chi connectivity index (χ0v) is 16.3. The molecule has 0 aliphatic carbocycles. The molecular formula is C23H26FN3O. The summed E-state index contributed by atoms with van der Waals surface area (Å²) >= 11 is 0. The van der Waals surface area contributed by atoms with Gasteiger partial charge < -0.3 is 14.5 Å². The van der Waals surface area contributed by atoms with E-state index in [0.717, 1.165) is 50.5 Å². The van der Waals surface area contributed by atoms with E-state index in [-0.39, 0.29) is 17.5 Å². The number of nitrogens with zero attached hydrogens (tertiary/aromatic N) is 3. The molecule has 0 radical (unpaired) electrons. The molecule has 0 amide bonds. The maximum atomic E-state index is 14.0. The molecule has 0 aromatic heterocycles. The van der Waals surface area contributed by atoms with Crippen molar-refractivity contribution in [3.63, 3.8) is 0 Å². The molecule has 5 heteroatoms. The van der Waals surface area contributed by atoms with Gasteiger partial charge >= 0.3 is 0 Å². The Bertz CT molecular complexity index is 914. The number of fused-ring (bicyclic) bond motifs is 1. The highest BCUT2D eigenvalue weighted by Crippen LogP contribution is 2.38. The van der Waals surface area contributed by atoms with E-state index in [1.807, 2.05) is 6.07 Å². The molecule has 3 heterocycles. The lowest BCUT2D eigenvalue weighted by Gasteiger charge is -2.41. The zero-order chi connectivity index (χ0) is 19.1. The largest absolute Gasteiger partial charge is 0.455 e. The predicted octanol–water partition coefficient (Wildman–Crippen LogP) is 3.62. The highest BCUT2D eigenvalue weighted by Gasteiger charge is 2.44. The van der Waals surface area contributed by atoms with Crippen LogP contribution in [0, 0.1) is 5.82 Å². The molecule has 5 rings (SSSR count). The fourth-order valence-electron chi connectivity index (χ4n) is 4.96. The molecule has 28 heavy (non-hydrogen) atoms. The Morgan fingerprint density at radius 3 is 2.89 bits per heavy atom. The van der Waals surface area contributed by atoms with Gasteiger partial charge in [0, 0.05) is 13.1 Å². The molecule has 146 valence electrons. The Labute approximate surface area is 165 Å². The van der Waals surface area contributed by atoms with Crippen LogP contribution in [-0.2, 0) is 11.2 Å². The topological polar surface area (TPSA) is 28.1 Å². The Balaban J connectivity index is 1.50. The molecule has 1 spiro atoms. The van der Waals surface area contributed by atoms with E-state index in [1.54, 1.807) is 12.1 Å². The third-order valence-electron chi connectivity index (χ3n) is 6.23. The number of hydrogen-bond acceptors (Lipinski definition) is 4. The van der Waals surface area contributed by atoms with Crippen LogP contribution in [0.2, 0.25) is 0 Å². The Morgan fingerprint density at radius 2 is 2.04 bits per heavy atom. The van der Waals surface area contributed by atoms with Gasteiger partial charge in [-0.15, -0.1) is 0 Å². The molecule has 2 atom stereocenters. The Morgan fingerprint density at radius 1 is 1.14 bits per heavy atom. The van der Waals surface area contributed by atoms with Crippen molar-refractivity contribution in [3.05, 3.63) is 71.0 Å². The number of ether oxygens (including phenoxy) is 1. The van der Waals surface area contributed by atoms with Crippen molar-refractivity contribution in [1.29, 1.82) is 0 Å². The summed E-state index contributed by atoms with van der Waals surface area (Å²) in [6, 6.07) is 16.0. The number of likely N-dealkylation sites (tertiary alicyclic amines) is 1. The third kappa shape index (κ3) is 3.08. The lowest BCUT2D eigenvalue weighted by atomic mass is 9.88. The van der Waals surface area contributed by atoms with Gasteiger partial charge in [0.2, 0.25) is 0 Å². The molecule has 0 N–H and O–H groups in total. The number of likely N-dealkylation sites (N-methyl/N-ethyl adjacent to an activating group) is 1. The molecule has 2 aromatic rings. The summed E-state index contributed by atoms with van der Waals surface area (Å²) < 4.78 is 20.6. The average molecular weight is 379 g/mol. The molecule has 0 bridgehead atoms. The monoisotopic (exact) mass is 379 g/mol. The summed E-state index contributed by atoms with van der Waals surface area (Å²) in [5, 5.41) is 0. The van der Waals surface area contributed by atoms with Crippen molar-refractivity contribution >= 4 is 6.02 Å². The van der Waals surface area contributed by atoms with E-state index in [0.29, 0.717) is 6.54 Å². The molecule has 0 saturated carbocycles. The van der Waals surface area contributed by atoms with Crippen LogP contribution in [-0.4, -0.2) is 54.6 Å². The van der Waals surface area contributed by atoms with Crippen LogP contribution in [0.15, 0.2) is 53.5 Å². The molecular weight excluding hydrogens is 353 g/mol. The molecule has 1 saturated heterocycles. The molecule has 0 unspecified atom stereocenters. The van der Waals surface area contributed by atoms with Gasteiger partial charge in [-0.25, -0.2) is 9.38 Å². The van der Waals surface area contributed by atoms with Crippen molar-refractivity contribution in [1.82, 2.24) is 9.80 Å². The van der Waals surface area contributed by atoms with E-state index in [9.17, 15) is 4.39 Å². The van der Waals surface area contributed by atoms with E-state index in [1.165, 1.54) is 17.2 Å². The van der Waals surface area contributed by atoms with Gasteiger partial charge in [0.15, 0.2) is 0 Å². The van der Waals surface area contributed by atoms with Gasteiger partial charge in [-0.2, -0.15) is 0 Å². The maximum absolute atomic E-state index is 14.0. The number of halogens is 1. The molecule has 1 fully saturated rings. The van der Waals surface area contributed by atoms with E-state index < -0.39 is 0 Å². The van der Waals surface area contributed by atoms with Crippen molar-refractivity contribution in [2.75, 3.05) is 33.2 Å². The van der Waals surface area contributed by atoms with Crippen LogP contribution >= 0.6 is 0 Å². The lowest BCUT2D eigenvalue weighted by molar-refractivity contribution is 0.000259. The smallest absolute Gasteiger partial charge is 0.288 e. The number of amidine groups is 1. The van der Waals surface area contributed by atoms with Crippen LogP contribution in [0.4, 0.5) is 4.39 Å². The van der Waals surface area contributed by atoms with Crippen molar-refractivity contribution in [2.24, 2.45) is 4.99 Å². The molecule has 3 aliphatic heterocycles. The first kappa shape index (κ1) is 17.7. The van der Waals surface area contributed by atoms with E-state index in [4.69, 9.17) is 9.73 Å². The van der Waals surface area contributed by atoms with Crippen molar-refractivity contribution < 1.29 is 9.13 Å². The highest BCUT2D eigenvalue weighted by molar-refractivity contribution is 5.78. The van der Waals surface area contributed by atoms with Crippen molar-refractivity contribution in [3.8, 4) is 0 Å². The minimum atomic E-state index is -0.208. The number of aliphatic imine (C=N–C) groups is 1. The summed E-state index contributed by atoms with van der Waals surface area (Å²) in [6.07, 6.45) is 3.12. The van der Waals surface area contributed by atoms with E-state index >= 15 is 0 Å². The van der Waals surface area contributed by atoms with Crippen molar-refractivity contribution in [2.45, 2.75) is 30.9 Å². The quantitative estimate of drug-likeness (QED) is 0.758. The zero-order valence-electron chi connectivity index (χ0n) is 16.3. The Hall–Kier alpha value is -2.40. The normalized spacial score (nSPS) is 27.4. The summed E-state index contributed by atoms with van der Waals surface area (Å²) in [7, 11) is 2.15. The predicted molar refractivity (Wildman–Crippen MR) is 108 cm³/mol. The SMILES string of the molecule is CN1CCC[C@]2(CN=C(N3CCc4ccccc4[C@H]3c3cccc(F)c3)O2)C1. The fraction of sp³-hybridized carbons (Fsp3) is 0.435. The molecule has 4 nitrogen and oxygen atoms in total. The number of piperidine rings is 1. The standard InChI is InChI=1S/C23H26FN3O/c1-26-12-5-11-23(16-26)15-25-22(28-23)27-13-10-17-6-2-3-9-20(17)21(27)18-7-4-8-19(24)14-18/h2-4,6-9,14,21H,5,10-13,15-16H2,1H3/t21-,23+/m1/s1. The number of hydrogen-bond donors (Lipinski definition) is 0. The minimum absolute atomic E-state index is 0.0733. The summed E-state index contributed by atoms with van der Waals surface area (Å²) in [5.41, 5.74) is 3.28. The maximum Gasteiger partial charge on any atom is 0.288 e. The van der Waals surface area contributed by atoms with Gasteiger partial charge in [-0.05, 0) is 61.7 Å². The second-order valence-electron chi connectivity index (χ2n) is 8.32. The first-order valence-corrected chi connectivity index (χ1v) is 10.2. The molecule has 3 aliphatic rings. The second-order valence-corrected chi connectivity index (χ2v) is 8.32. The first-order valence-electron chi connectivity index (χ1n) is 10.2. The summed E-state index contributed by atoms with van der Waals surface area (Å²) in [5.74, 6) is -0.208. The van der Waals surface area contributed by atoms with Crippen LogP contribution in [0.25, 0.3) is 0 Å². The highest BCUT2D eigenvalue weighted by atomic mass is 19.1. The molecule has 2 aromatic carbocycles.